The van der Waals surface area contributed by atoms with Crippen LogP contribution in [0.5, 0.6) is 0 Å². The molecule has 2 aromatic carbocycles. The van der Waals surface area contributed by atoms with Crippen molar-refractivity contribution in [2.24, 2.45) is 10.7 Å². The number of allylic oxidation sites excluding steroid dienone is 1. The Bertz CT molecular complexity index is 1190. The summed E-state index contributed by atoms with van der Waals surface area (Å²) >= 11 is 0. The monoisotopic (exact) mass is 476 g/mol. The SMILES string of the molecule is CC(=NCc1ccc(F)cc1)/C(CN1CCN(c2nccnc2-c2ccc(F)cc2)CC1)=C(/C)N. The molecule has 0 spiro atoms. The van der Waals surface area contributed by atoms with Crippen LogP contribution in [0.4, 0.5) is 14.6 Å². The first-order chi connectivity index (χ1) is 16.9. The Labute approximate surface area is 204 Å². The van der Waals surface area contributed by atoms with Crippen LogP contribution in [0, 0.1) is 11.6 Å². The molecule has 1 saturated heterocycles. The van der Waals surface area contributed by atoms with Crippen LogP contribution in [-0.2, 0) is 6.54 Å². The maximum Gasteiger partial charge on any atom is 0.155 e. The van der Waals surface area contributed by atoms with Crippen LogP contribution in [0.3, 0.4) is 0 Å². The minimum atomic E-state index is -0.275. The molecule has 6 nitrogen and oxygen atoms in total. The average Bonchev–Trinajstić information content (AvgIpc) is 2.87. The summed E-state index contributed by atoms with van der Waals surface area (Å²) in [5.41, 5.74) is 11.4. The number of piperazine rings is 1. The van der Waals surface area contributed by atoms with Crippen LogP contribution in [0.15, 0.2) is 77.2 Å². The van der Waals surface area contributed by atoms with E-state index in [9.17, 15) is 8.78 Å². The molecular weight excluding hydrogens is 446 g/mol. The minimum Gasteiger partial charge on any atom is -0.402 e. The summed E-state index contributed by atoms with van der Waals surface area (Å²) in [6, 6.07) is 12.7. The summed E-state index contributed by atoms with van der Waals surface area (Å²) in [5.74, 6) is 0.281. The second-order valence-corrected chi connectivity index (χ2v) is 8.69. The number of nitrogens with zero attached hydrogens (tertiary/aromatic N) is 5. The molecule has 3 aromatic rings. The molecule has 1 aliphatic heterocycles. The number of nitrogens with two attached hydrogens (primary N) is 1. The molecule has 1 fully saturated rings. The number of hydrogen-bond acceptors (Lipinski definition) is 6. The number of halogens is 2. The number of anilines is 1. The van der Waals surface area contributed by atoms with Crippen molar-refractivity contribution in [3.63, 3.8) is 0 Å². The molecule has 2 heterocycles. The van der Waals surface area contributed by atoms with Gasteiger partial charge in [0.05, 0.1) is 6.54 Å². The van der Waals surface area contributed by atoms with Crippen molar-refractivity contribution in [2.75, 3.05) is 37.6 Å². The third kappa shape index (κ3) is 6.27. The zero-order valence-electron chi connectivity index (χ0n) is 20.1. The molecule has 35 heavy (non-hydrogen) atoms. The van der Waals surface area contributed by atoms with Gasteiger partial charge in [0.1, 0.15) is 17.3 Å². The van der Waals surface area contributed by atoms with Crippen LogP contribution >= 0.6 is 0 Å². The van der Waals surface area contributed by atoms with E-state index in [-0.39, 0.29) is 11.6 Å². The summed E-state index contributed by atoms with van der Waals surface area (Å²) < 4.78 is 26.5. The third-order valence-electron chi connectivity index (χ3n) is 6.17. The van der Waals surface area contributed by atoms with Crippen molar-refractivity contribution in [2.45, 2.75) is 20.4 Å². The van der Waals surface area contributed by atoms with Gasteiger partial charge in [0.2, 0.25) is 0 Å². The Kier molecular flexibility index (Phi) is 7.82. The van der Waals surface area contributed by atoms with E-state index < -0.39 is 0 Å². The molecule has 0 radical (unpaired) electrons. The molecule has 0 saturated carbocycles. The van der Waals surface area contributed by atoms with E-state index in [2.05, 4.69) is 19.8 Å². The largest absolute Gasteiger partial charge is 0.402 e. The van der Waals surface area contributed by atoms with E-state index in [0.717, 1.165) is 65.8 Å². The molecule has 1 aromatic heterocycles. The minimum absolute atomic E-state index is 0.252. The lowest BCUT2D eigenvalue weighted by Crippen LogP contribution is -2.48. The Morgan fingerprint density at radius 1 is 0.886 bits per heavy atom. The maximum absolute atomic E-state index is 13.4. The topological polar surface area (TPSA) is 70.6 Å². The highest BCUT2D eigenvalue weighted by molar-refractivity contribution is 5.99. The number of aromatic nitrogens is 2. The number of benzene rings is 2. The number of hydrogen-bond donors (Lipinski definition) is 1. The van der Waals surface area contributed by atoms with E-state index in [4.69, 9.17) is 10.7 Å². The Morgan fingerprint density at radius 2 is 1.49 bits per heavy atom. The number of rotatable bonds is 7. The highest BCUT2D eigenvalue weighted by Gasteiger charge is 2.22. The quantitative estimate of drug-likeness (QED) is 0.511. The first-order valence-corrected chi connectivity index (χ1v) is 11.7. The highest BCUT2D eigenvalue weighted by Crippen LogP contribution is 2.27. The van der Waals surface area contributed by atoms with Gasteiger partial charge in [0.15, 0.2) is 5.82 Å². The molecule has 1 aliphatic rings. The molecule has 0 aliphatic carbocycles. The molecule has 182 valence electrons. The lowest BCUT2D eigenvalue weighted by atomic mass is 10.1. The van der Waals surface area contributed by atoms with Gasteiger partial charge in [0.25, 0.3) is 0 Å². The van der Waals surface area contributed by atoms with Crippen LogP contribution in [0.25, 0.3) is 11.3 Å². The Hall–Kier alpha value is -3.65. The lowest BCUT2D eigenvalue weighted by Gasteiger charge is -2.36. The van der Waals surface area contributed by atoms with Crippen molar-refractivity contribution >= 4 is 11.5 Å². The second kappa shape index (κ2) is 11.2. The average molecular weight is 477 g/mol. The summed E-state index contributed by atoms with van der Waals surface area (Å²) in [7, 11) is 0. The first-order valence-electron chi connectivity index (χ1n) is 11.7. The fourth-order valence-electron chi connectivity index (χ4n) is 4.13. The van der Waals surface area contributed by atoms with E-state index in [0.29, 0.717) is 13.1 Å². The van der Waals surface area contributed by atoms with E-state index in [1.165, 1.54) is 24.3 Å². The predicted molar refractivity (Wildman–Crippen MR) is 136 cm³/mol. The zero-order valence-corrected chi connectivity index (χ0v) is 20.1. The van der Waals surface area contributed by atoms with Crippen LogP contribution in [0.2, 0.25) is 0 Å². The van der Waals surface area contributed by atoms with E-state index >= 15 is 0 Å². The molecule has 0 atom stereocenters. The summed E-state index contributed by atoms with van der Waals surface area (Å²) in [5, 5.41) is 0. The van der Waals surface area contributed by atoms with Gasteiger partial charge in [-0.3, -0.25) is 14.9 Å². The van der Waals surface area contributed by atoms with Gasteiger partial charge in [-0.15, -0.1) is 0 Å². The zero-order chi connectivity index (χ0) is 24.8. The van der Waals surface area contributed by atoms with Crippen LogP contribution in [-0.4, -0.2) is 53.3 Å². The van der Waals surface area contributed by atoms with Gasteiger partial charge < -0.3 is 10.6 Å². The summed E-state index contributed by atoms with van der Waals surface area (Å²) in [6.07, 6.45) is 3.35. The van der Waals surface area contributed by atoms with Crippen molar-refractivity contribution in [1.82, 2.24) is 14.9 Å². The third-order valence-corrected chi connectivity index (χ3v) is 6.17. The van der Waals surface area contributed by atoms with Crippen LogP contribution in [0.1, 0.15) is 19.4 Å². The predicted octanol–water partition coefficient (Wildman–Crippen LogP) is 4.44. The van der Waals surface area contributed by atoms with Gasteiger partial charge in [0, 0.05) is 67.7 Å². The normalized spacial score (nSPS) is 15.8. The second-order valence-electron chi connectivity index (χ2n) is 8.69. The smallest absolute Gasteiger partial charge is 0.155 e. The lowest BCUT2D eigenvalue weighted by molar-refractivity contribution is 0.280. The molecule has 0 unspecified atom stereocenters. The van der Waals surface area contributed by atoms with Crippen molar-refractivity contribution in [3.8, 4) is 11.3 Å². The molecule has 2 N–H and O–H groups in total. The molecule has 8 heteroatoms. The molecule has 0 bridgehead atoms. The van der Waals surface area contributed by atoms with Crippen molar-refractivity contribution in [1.29, 1.82) is 0 Å². The number of aliphatic imine (C=N–C) groups is 1. The van der Waals surface area contributed by atoms with Gasteiger partial charge in [-0.05, 0) is 55.8 Å². The van der Waals surface area contributed by atoms with Gasteiger partial charge in [-0.2, -0.15) is 0 Å². The Morgan fingerprint density at radius 3 is 2.11 bits per heavy atom. The van der Waals surface area contributed by atoms with Crippen molar-refractivity contribution in [3.05, 3.63) is 89.4 Å². The van der Waals surface area contributed by atoms with Gasteiger partial charge >= 0.3 is 0 Å². The van der Waals surface area contributed by atoms with E-state index in [1.807, 2.05) is 13.8 Å². The van der Waals surface area contributed by atoms with Gasteiger partial charge in [-0.25, -0.2) is 13.8 Å². The highest BCUT2D eigenvalue weighted by atomic mass is 19.1. The maximum atomic E-state index is 13.4. The van der Waals surface area contributed by atoms with Crippen molar-refractivity contribution < 1.29 is 8.78 Å². The standard InChI is InChI=1S/C27H30F2N6/c1-19(30)25(20(2)33-17-21-3-7-23(28)8-4-21)18-34-13-15-35(16-14-34)27-26(31-11-12-32-27)22-5-9-24(29)10-6-22/h3-12H,13-18,30H2,1-2H3/b25-19-,33-20?. The first kappa shape index (κ1) is 24.5. The Balaban J connectivity index is 1.40. The fraction of sp³-hybridized carbons (Fsp3) is 0.296. The van der Waals surface area contributed by atoms with Crippen LogP contribution < -0.4 is 10.6 Å². The molecular formula is C27H30F2N6. The van der Waals surface area contributed by atoms with E-state index in [1.54, 1.807) is 36.7 Å². The molecule has 4 rings (SSSR count). The van der Waals surface area contributed by atoms with Gasteiger partial charge in [-0.1, -0.05) is 12.1 Å². The molecule has 0 amide bonds. The summed E-state index contributed by atoms with van der Waals surface area (Å²) in [6.45, 7) is 8.31. The fourth-order valence-corrected chi connectivity index (χ4v) is 4.13. The summed E-state index contributed by atoms with van der Waals surface area (Å²) in [4.78, 5) is 18.4.